The minimum atomic E-state index is 0.221. The Kier molecular flexibility index (Phi) is 5.11. The highest BCUT2D eigenvalue weighted by molar-refractivity contribution is 6.12. The molecule has 3 heterocycles. The molecule has 0 radical (unpaired) electrons. The number of benzene rings is 2. The van der Waals surface area contributed by atoms with Crippen LogP contribution in [0.1, 0.15) is 18.5 Å². The molecule has 1 aliphatic heterocycles. The number of phenolic OH excluding ortho intramolecular Hbond substituents is 1. The predicted molar refractivity (Wildman–Crippen MR) is 121 cm³/mol. The van der Waals surface area contributed by atoms with Crippen molar-refractivity contribution in [3.05, 3.63) is 42.1 Å². The first-order valence-electron chi connectivity index (χ1n) is 10.6. The van der Waals surface area contributed by atoms with Crippen molar-refractivity contribution in [3.8, 4) is 28.5 Å². The van der Waals surface area contributed by atoms with Crippen LogP contribution in [-0.4, -0.2) is 47.1 Å². The van der Waals surface area contributed by atoms with Gasteiger partial charge in [0.2, 0.25) is 0 Å². The maximum Gasteiger partial charge on any atom is 0.161 e. The number of aromatic hydroxyl groups is 1. The normalized spacial score (nSPS) is 14.9. The van der Waals surface area contributed by atoms with Gasteiger partial charge in [-0.15, -0.1) is 0 Å². The molecule has 3 N–H and O–H groups in total. The van der Waals surface area contributed by atoms with Gasteiger partial charge in [0.15, 0.2) is 17.1 Å². The summed E-state index contributed by atoms with van der Waals surface area (Å²) >= 11 is 0. The molecule has 4 aromatic rings. The molecule has 5 rings (SSSR count). The lowest BCUT2D eigenvalue weighted by Crippen LogP contribution is -2.30. The Morgan fingerprint density at radius 3 is 2.55 bits per heavy atom. The largest absolute Gasteiger partial charge is 0.508 e. The van der Waals surface area contributed by atoms with Crippen LogP contribution in [0.4, 0.5) is 0 Å². The molecule has 0 atom stereocenters. The van der Waals surface area contributed by atoms with E-state index in [9.17, 15) is 5.11 Å². The smallest absolute Gasteiger partial charge is 0.161 e. The number of nitrogens with zero attached hydrogens (tertiary/aromatic N) is 2. The molecule has 0 unspecified atom stereocenters. The highest BCUT2D eigenvalue weighted by Gasteiger charge is 2.19. The molecule has 1 aliphatic rings. The molecule has 1 fully saturated rings. The zero-order valence-corrected chi connectivity index (χ0v) is 17.7. The molecule has 160 valence electrons. The van der Waals surface area contributed by atoms with Crippen molar-refractivity contribution in [2.24, 2.45) is 5.92 Å². The van der Waals surface area contributed by atoms with E-state index in [4.69, 9.17) is 14.5 Å². The number of pyridine rings is 1. The summed E-state index contributed by atoms with van der Waals surface area (Å²) in [5.41, 5.74) is 3.32. The molecule has 0 amide bonds. The van der Waals surface area contributed by atoms with Crippen LogP contribution >= 0.6 is 0 Å². The van der Waals surface area contributed by atoms with Crippen LogP contribution in [0.15, 0.2) is 36.4 Å². The summed E-state index contributed by atoms with van der Waals surface area (Å²) in [5.74, 6) is 2.18. The van der Waals surface area contributed by atoms with Gasteiger partial charge in [-0.2, -0.15) is 5.10 Å². The third-order valence-corrected chi connectivity index (χ3v) is 6.05. The van der Waals surface area contributed by atoms with E-state index in [1.165, 1.54) is 0 Å². The number of rotatable bonds is 5. The van der Waals surface area contributed by atoms with E-state index in [1.54, 1.807) is 19.2 Å². The third kappa shape index (κ3) is 3.65. The second-order valence-electron chi connectivity index (χ2n) is 8.09. The molecule has 2 aromatic carbocycles. The van der Waals surface area contributed by atoms with Crippen LogP contribution in [0.2, 0.25) is 0 Å². The lowest BCUT2D eigenvalue weighted by atomic mass is 9.99. The van der Waals surface area contributed by atoms with Gasteiger partial charge >= 0.3 is 0 Å². The molecule has 1 saturated heterocycles. The number of H-pyrrole nitrogens is 1. The average Bonchev–Trinajstić information content (AvgIpc) is 3.18. The highest BCUT2D eigenvalue weighted by Crippen LogP contribution is 2.40. The quantitative estimate of drug-likeness (QED) is 0.450. The Balaban J connectivity index is 1.66. The number of piperidine rings is 1. The number of hydrogen-bond donors (Lipinski definition) is 3. The monoisotopic (exact) mass is 418 g/mol. The van der Waals surface area contributed by atoms with E-state index in [2.05, 4.69) is 15.5 Å². The molecule has 0 saturated carbocycles. The first-order chi connectivity index (χ1) is 15.1. The van der Waals surface area contributed by atoms with Gasteiger partial charge in [0, 0.05) is 21.7 Å². The number of aromatic amines is 1. The van der Waals surface area contributed by atoms with Crippen LogP contribution in [0.25, 0.3) is 33.1 Å². The minimum absolute atomic E-state index is 0.221. The van der Waals surface area contributed by atoms with E-state index in [0.717, 1.165) is 70.4 Å². The van der Waals surface area contributed by atoms with Crippen LogP contribution in [0, 0.1) is 12.8 Å². The van der Waals surface area contributed by atoms with Crippen molar-refractivity contribution >= 4 is 21.8 Å². The number of hydrogen-bond acceptors (Lipinski definition) is 6. The molecular formula is C24H26N4O3. The summed E-state index contributed by atoms with van der Waals surface area (Å²) in [4.78, 5) is 4.87. The van der Waals surface area contributed by atoms with E-state index >= 15 is 0 Å². The maximum absolute atomic E-state index is 9.72. The number of aromatic nitrogens is 3. The van der Waals surface area contributed by atoms with Gasteiger partial charge in [0.25, 0.3) is 0 Å². The Bertz CT molecular complexity index is 1230. The Hall–Kier alpha value is -3.32. The molecule has 7 heteroatoms. The number of fused-ring (bicyclic) bond motifs is 3. The van der Waals surface area contributed by atoms with Gasteiger partial charge in [-0.1, -0.05) is 0 Å². The van der Waals surface area contributed by atoms with Crippen molar-refractivity contribution in [3.63, 3.8) is 0 Å². The van der Waals surface area contributed by atoms with Crippen molar-refractivity contribution in [1.82, 2.24) is 20.5 Å². The second-order valence-corrected chi connectivity index (χ2v) is 8.09. The van der Waals surface area contributed by atoms with Gasteiger partial charge < -0.3 is 19.9 Å². The lowest BCUT2D eigenvalue weighted by molar-refractivity contribution is 0.208. The van der Waals surface area contributed by atoms with Gasteiger partial charge in [-0.05, 0) is 75.2 Å². The van der Waals surface area contributed by atoms with Crippen molar-refractivity contribution < 1.29 is 14.6 Å². The zero-order valence-electron chi connectivity index (χ0n) is 17.7. The summed E-state index contributed by atoms with van der Waals surface area (Å²) in [6.45, 7) is 4.71. The van der Waals surface area contributed by atoms with E-state index < -0.39 is 0 Å². The molecule has 2 aromatic heterocycles. The fourth-order valence-corrected chi connectivity index (χ4v) is 4.33. The summed E-state index contributed by atoms with van der Waals surface area (Å²) in [5, 5.41) is 23.5. The van der Waals surface area contributed by atoms with Crippen molar-refractivity contribution in [1.29, 1.82) is 0 Å². The van der Waals surface area contributed by atoms with Crippen LogP contribution in [-0.2, 0) is 0 Å². The van der Waals surface area contributed by atoms with Crippen LogP contribution < -0.4 is 14.8 Å². The maximum atomic E-state index is 9.72. The van der Waals surface area contributed by atoms with Crippen molar-refractivity contribution in [2.45, 2.75) is 19.8 Å². The number of aryl methyl sites for hydroxylation is 1. The molecule has 0 bridgehead atoms. The minimum Gasteiger partial charge on any atom is -0.508 e. The van der Waals surface area contributed by atoms with Crippen LogP contribution in [0.5, 0.6) is 17.2 Å². The van der Waals surface area contributed by atoms with E-state index in [-0.39, 0.29) is 5.75 Å². The summed E-state index contributed by atoms with van der Waals surface area (Å²) in [7, 11) is 1.67. The van der Waals surface area contributed by atoms with E-state index in [1.807, 2.05) is 31.2 Å². The van der Waals surface area contributed by atoms with Crippen LogP contribution in [0.3, 0.4) is 0 Å². The Morgan fingerprint density at radius 2 is 1.81 bits per heavy atom. The Labute approximate surface area is 180 Å². The first-order valence-corrected chi connectivity index (χ1v) is 10.6. The summed E-state index contributed by atoms with van der Waals surface area (Å²) in [6, 6.07) is 11.1. The predicted octanol–water partition coefficient (Wildman–Crippen LogP) is 4.18. The van der Waals surface area contributed by atoms with Gasteiger partial charge in [-0.3, -0.25) is 5.10 Å². The number of nitrogens with one attached hydrogen (secondary N) is 2. The number of phenols is 1. The third-order valence-electron chi connectivity index (χ3n) is 6.05. The molecule has 31 heavy (non-hydrogen) atoms. The van der Waals surface area contributed by atoms with Gasteiger partial charge in [0.1, 0.15) is 5.75 Å². The Morgan fingerprint density at radius 1 is 1.06 bits per heavy atom. The number of ether oxygens (including phenoxy) is 2. The van der Waals surface area contributed by atoms with E-state index in [0.29, 0.717) is 18.3 Å². The number of methoxy groups -OCH3 is 1. The fourth-order valence-electron chi connectivity index (χ4n) is 4.33. The highest BCUT2D eigenvalue weighted by atomic mass is 16.5. The zero-order chi connectivity index (χ0) is 21.4. The topological polar surface area (TPSA) is 92.3 Å². The molecule has 0 aliphatic carbocycles. The lowest BCUT2D eigenvalue weighted by Gasteiger charge is -2.23. The molecule has 7 nitrogen and oxygen atoms in total. The van der Waals surface area contributed by atoms with Gasteiger partial charge in [-0.25, -0.2) is 4.98 Å². The second kappa shape index (κ2) is 8.07. The SMILES string of the molecule is COc1cc2c(cc1OCC1CCNCC1)c(-c1ccc(O)cc1)nc1[nH]nc(C)c12. The molecular weight excluding hydrogens is 392 g/mol. The fraction of sp³-hybridized carbons (Fsp3) is 0.333. The average molecular weight is 418 g/mol. The first kappa shape index (κ1) is 19.6. The summed E-state index contributed by atoms with van der Waals surface area (Å²) < 4.78 is 12.0. The standard InChI is InChI=1S/C24H26N4O3/c1-14-22-18-11-20(30-2)21(31-13-15-7-9-25-10-8-15)12-19(18)23(26-24(22)28-27-14)16-3-5-17(29)6-4-16/h3-6,11-12,15,25,29H,7-10,13H2,1-2H3,(H,26,27,28). The molecule has 0 spiro atoms. The van der Waals surface area contributed by atoms with Crippen molar-refractivity contribution in [2.75, 3.05) is 26.8 Å². The van der Waals surface area contributed by atoms with Gasteiger partial charge in [0.05, 0.1) is 25.1 Å². The summed E-state index contributed by atoms with van der Waals surface area (Å²) in [6.07, 6.45) is 2.23.